The Morgan fingerprint density at radius 1 is 1.30 bits per heavy atom. The van der Waals surface area contributed by atoms with E-state index in [2.05, 4.69) is 23.3 Å². The monoisotopic (exact) mass is 272 g/mol. The molecule has 1 heterocycles. The van der Waals surface area contributed by atoms with Crippen molar-refractivity contribution in [2.45, 2.75) is 26.2 Å². The molecule has 2 rings (SSSR count). The molecule has 20 heavy (non-hydrogen) atoms. The van der Waals surface area contributed by atoms with E-state index in [1.807, 2.05) is 24.3 Å². The van der Waals surface area contributed by atoms with Crippen LogP contribution in [0.4, 0.5) is 0 Å². The molecule has 0 saturated heterocycles. The Hall–Kier alpha value is -1.94. The zero-order chi connectivity index (χ0) is 14.4. The summed E-state index contributed by atoms with van der Waals surface area (Å²) in [5.41, 5.74) is 3.11. The van der Waals surface area contributed by atoms with Gasteiger partial charge in [-0.25, -0.2) is 0 Å². The summed E-state index contributed by atoms with van der Waals surface area (Å²) in [5, 5.41) is 12.5. The summed E-state index contributed by atoms with van der Waals surface area (Å²) in [6, 6.07) is 10.2. The van der Waals surface area contributed by atoms with Crippen LogP contribution < -0.4 is 5.32 Å². The summed E-state index contributed by atoms with van der Waals surface area (Å²) in [5.74, 6) is 0.00394. The normalized spacial score (nSPS) is 10.7. The van der Waals surface area contributed by atoms with E-state index in [4.69, 9.17) is 5.11 Å². The molecule has 1 aromatic heterocycles. The minimum Gasteiger partial charge on any atom is -0.396 e. The number of carbonyl (C=O) groups excluding carboxylic acids is 1. The molecule has 4 heteroatoms. The molecule has 2 N–H and O–H groups in total. The first-order valence-corrected chi connectivity index (χ1v) is 6.93. The lowest BCUT2D eigenvalue weighted by Gasteiger charge is -2.05. The maximum Gasteiger partial charge on any atom is 0.220 e. The van der Waals surface area contributed by atoms with E-state index in [-0.39, 0.29) is 12.5 Å². The highest BCUT2D eigenvalue weighted by atomic mass is 16.3. The van der Waals surface area contributed by atoms with Crippen LogP contribution in [0.5, 0.6) is 0 Å². The first-order valence-electron chi connectivity index (χ1n) is 6.93. The lowest BCUT2D eigenvalue weighted by atomic mass is 10.1. The predicted octanol–water partition coefficient (Wildman–Crippen LogP) is 1.97. The van der Waals surface area contributed by atoms with Crippen molar-refractivity contribution in [2.24, 2.45) is 0 Å². The number of aliphatic hydroxyl groups excluding tert-OH is 1. The number of rotatable bonds is 6. The highest BCUT2D eigenvalue weighted by molar-refractivity contribution is 5.79. The van der Waals surface area contributed by atoms with E-state index < -0.39 is 0 Å². The molecular formula is C16H20N2O2. The molecule has 0 unspecified atom stereocenters. The van der Waals surface area contributed by atoms with Gasteiger partial charge >= 0.3 is 0 Å². The second-order valence-corrected chi connectivity index (χ2v) is 4.93. The van der Waals surface area contributed by atoms with Gasteiger partial charge in [-0.15, -0.1) is 0 Å². The van der Waals surface area contributed by atoms with Gasteiger partial charge in [-0.2, -0.15) is 0 Å². The smallest absolute Gasteiger partial charge is 0.220 e. The van der Waals surface area contributed by atoms with Gasteiger partial charge in [0.05, 0.1) is 5.52 Å². The van der Waals surface area contributed by atoms with Crippen molar-refractivity contribution in [2.75, 3.05) is 13.2 Å². The van der Waals surface area contributed by atoms with Crippen molar-refractivity contribution in [1.29, 1.82) is 0 Å². The number of aliphatic hydroxyl groups is 1. The lowest BCUT2D eigenvalue weighted by Crippen LogP contribution is -2.25. The summed E-state index contributed by atoms with van der Waals surface area (Å²) in [4.78, 5) is 16.1. The molecule has 0 bridgehead atoms. The molecule has 0 saturated carbocycles. The van der Waals surface area contributed by atoms with Crippen LogP contribution in [0.1, 0.15) is 24.1 Å². The van der Waals surface area contributed by atoms with Crippen molar-refractivity contribution in [3.05, 3.63) is 41.6 Å². The quantitative estimate of drug-likeness (QED) is 0.790. The Morgan fingerprint density at radius 2 is 2.15 bits per heavy atom. The number of hydrogen-bond acceptors (Lipinski definition) is 3. The van der Waals surface area contributed by atoms with Crippen LogP contribution in [0, 0.1) is 6.92 Å². The molecule has 106 valence electrons. The van der Waals surface area contributed by atoms with Gasteiger partial charge in [-0.05, 0) is 38.0 Å². The molecule has 2 aromatic rings. The molecule has 0 spiro atoms. The number of aromatic nitrogens is 1. The van der Waals surface area contributed by atoms with Gasteiger partial charge in [0, 0.05) is 30.7 Å². The predicted molar refractivity (Wildman–Crippen MR) is 79.5 cm³/mol. The summed E-state index contributed by atoms with van der Waals surface area (Å²) in [7, 11) is 0. The Morgan fingerprint density at radius 3 is 2.95 bits per heavy atom. The van der Waals surface area contributed by atoms with E-state index in [1.54, 1.807) is 0 Å². The van der Waals surface area contributed by atoms with E-state index >= 15 is 0 Å². The number of fused-ring (bicyclic) bond motifs is 1. The van der Waals surface area contributed by atoms with Crippen LogP contribution in [0.3, 0.4) is 0 Å². The lowest BCUT2D eigenvalue weighted by molar-refractivity contribution is -0.121. The van der Waals surface area contributed by atoms with E-state index in [0.29, 0.717) is 25.8 Å². The second-order valence-electron chi connectivity index (χ2n) is 4.93. The largest absolute Gasteiger partial charge is 0.396 e. The first-order chi connectivity index (χ1) is 9.69. The standard InChI is InChI=1S/C16H20N2O2/c1-12-3-7-15-13(11-12)4-5-14(18-15)6-8-16(20)17-9-2-10-19/h3-5,7,11,19H,2,6,8-10H2,1H3,(H,17,20). The number of benzene rings is 1. The van der Waals surface area contributed by atoms with Crippen molar-refractivity contribution in [1.82, 2.24) is 10.3 Å². The van der Waals surface area contributed by atoms with Crippen LogP contribution in [0.25, 0.3) is 10.9 Å². The van der Waals surface area contributed by atoms with Gasteiger partial charge in [-0.1, -0.05) is 17.7 Å². The van der Waals surface area contributed by atoms with Crippen LogP contribution in [0.15, 0.2) is 30.3 Å². The third kappa shape index (κ3) is 4.03. The molecule has 0 atom stereocenters. The molecule has 4 nitrogen and oxygen atoms in total. The molecule has 1 amide bonds. The van der Waals surface area contributed by atoms with Crippen molar-refractivity contribution < 1.29 is 9.90 Å². The maximum atomic E-state index is 11.6. The van der Waals surface area contributed by atoms with Gasteiger partial charge in [-0.3, -0.25) is 9.78 Å². The number of amides is 1. The van der Waals surface area contributed by atoms with Gasteiger partial charge in [0.2, 0.25) is 5.91 Å². The van der Waals surface area contributed by atoms with Crippen molar-refractivity contribution in [3.8, 4) is 0 Å². The number of pyridine rings is 1. The Labute approximate surface area is 118 Å². The van der Waals surface area contributed by atoms with Gasteiger partial charge in [0.25, 0.3) is 0 Å². The van der Waals surface area contributed by atoms with Gasteiger partial charge in [0.1, 0.15) is 0 Å². The average Bonchev–Trinajstić information content (AvgIpc) is 2.45. The number of aryl methyl sites for hydroxylation is 2. The minimum atomic E-state index is 0.00394. The van der Waals surface area contributed by atoms with Crippen molar-refractivity contribution >= 4 is 16.8 Å². The fourth-order valence-corrected chi connectivity index (χ4v) is 2.06. The molecule has 0 aliphatic heterocycles. The highest BCUT2D eigenvalue weighted by Gasteiger charge is 2.04. The number of hydrogen-bond donors (Lipinski definition) is 2. The van der Waals surface area contributed by atoms with E-state index in [0.717, 1.165) is 16.6 Å². The van der Waals surface area contributed by atoms with Crippen LogP contribution in [-0.4, -0.2) is 29.1 Å². The fraction of sp³-hybridized carbons (Fsp3) is 0.375. The number of nitrogens with zero attached hydrogens (tertiary/aromatic N) is 1. The van der Waals surface area contributed by atoms with Crippen LogP contribution >= 0.6 is 0 Å². The number of carbonyl (C=O) groups is 1. The summed E-state index contributed by atoms with van der Waals surface area (Å²) in [6.07, 6.45) is 1.66. The molecule has 1 aromatic carbocycles. The Bertz CT molecular complexity index is 596. The van der Waals surface area contributed by atoms with Crippen molar-refractivity contribution in [3.63, 3.8) is 0 Å². The fourth-order valence-electron chi connectivity index (χ4n) is 2.06. The maximum absolute atomic E-state index is 11.6. The van der Waals surface area contributed by atoms with E-state index in [1.165, 1.54) is 5.56 Å². The minimum absolute atomic E-state index is 0.00394. The van der Waals surface area contributed by atoms with Gasteiger partial charge in [0.15, 0.2) is 0 Å². The molecule has 0 fully saturated rings. The molecule has 0 aliphatic carbocycles. The van der Waals surface area contributed by atoms with Crippen LogP contribution in [-0.2, 0) is 11.2 Å². The summed E-state index contributed by atoms with van der Waals surface area (Å²) >= 11 is 0. The Kier molecular flexibility index (Phi) is 5.07. The average molecular weight is 272 g/mol. The zero-order valence-electron chi connectivity index (χ0n) is 11.7. The van der Waals surface area contributed by atoms with E-state index in [9.17, 15) is 4.79 Å². The third-order valence-corrected chi connectivity index (χ3v) is 3.17. The SMILES string of the molecule is Cc1ccc2nc(CCC(=O)NCCCO)ccc2c1. The zero-order valence-corrected chi connectivity index (χ0v) is 11.7. The number of nitrogens with one attached hydrogen (secondary N) is 1. The van der Waals surface area contributed by atoms with Gasteiger partial charge < -0.3 is 10.4 Å². The highest BCUT2D eigenvalue weighted by Crippen LogP contribution is 2.15. The summed E-state index contributed by atoms with van der Waals surface area (Å²) < 4.78 is 0. The molecule has 0 radical (unpaired) electrons. The molecule has 0 aliphatic rings. The summed E-state index contributed by atoms with van der Waals surface area (Å²) in [6.45, 7) is 2.69. The topological polar surface area (TPSA) is 62.2 Å². The molecular weight excluding hydrogens is 252 g/mol. The third-order valence-electron chi connectivity index (χ3n) is 3.17. The second kappa shape index (κ2) is 7.01. The Balaban J connectivity index is 1.93. The van der Waals surface area contributed by atoms with Crippen LogP contribution in [0.2, 0.25) is 0 Å². The first kappa shape index (κ1) is 14.5.